The molecule has 1 saturated heterocycles. The fourth-order valence-electron chi connectivity index (χ4n) is 3.66. The molecule has 1 atom stereocenters. The van der Waals surface area contributed by atoms with Crippen molar-refractivity contribution in [1.29, 1.82) is 0 Å². The van der Waals surface area contributed by atoms with Crippen LogP contribution in [0.4, 0.5) is 4.39 Å². The highest BCUT2D eigenvalue weighted by Crippen LogP contribution is 2.18. The van der Waals surface area contributed by atoms with Gasteiger partial charge in [0.1, 0.15) is 17.7 Å². The number of halogens is 2. The highest BCUT2D eigenvalue weighted by atomic mass is 127. The van der Waals surface area contributed by atoms with Gasteiger partial charge in [-0.25, -0.2) is 9.38 Å². The number of aliphatic imine (C=N–C) groups is 1. The van der Waals surface area contributed by atoms with E-state index in [1.807, 2.05) is 30.9 Å². The first-order valence-corrected chi connectivity index (χ1v) is 11.4. The van der Waals surface area contributed by atoms with Crippen molar-refractivity contribution >= 4 is 35.8 Å². The van der Waals surface area contributed by atoms with Crippen LogP contribution in [0.3, 0.4) is 0 Å². The second-order valence-corrected chi connectivity index (χ2v) is 7.87. The minimum atomic E-state index is -0.311. The molecule has 8 heteroatoms. The SMILES string of the molecule is CCNC(=NCc1ccccc1CN1CCCC1=O)NCC(CC)Oc1cccc(F)c1.I. The van der Waals surface area contributed by atoms with Gasteiger partial charge in [-0.15, -0.1) is 24.0 Å². The van der Waals surface area contributed by atoms with Crippen molar-refractivity contribution in [1.82, 2.24) is 15.5 Å². The zero-order chi connectivity index (χ0) is 22.8. The molecule has 33 heavy (non-hydrogen) atoms. The van der Waals surface area contributed by atoms with Gasteiger partial charge in [0, 0.05) is 32.1 Å². The standard InChI is InChI=1S/C25H33FN4O2.HI/c1-3-22(32-23-12-7-11-21(26)15-23)17-29-25(27-4-2)28-16-19-9-5-6-10-20(19)18-30-14-8-13-24(30)31;/h5-7,9-12,15,22H,3-4,8,13-14,16-18H2,1-2H3,(H2,27,28,29);1H. The van der Waals surface area contributed by atoms with Crippen molar-refractivity contribution in [2.75, 3.05) is 19.6 Å². The average molecular weight is 568 g/mol. The number of nitrogens with zero attached hydrogens (tertiary/aromatic N) is 2. The molecule has 1 unspecified atom stereocenters. The van der Waals surface area contributed by atoms with Crippen LogP contribution in [-0.4, -0.2) is 42.5 Å². The largest absolute Gasteiger partial charge is 0.489 e. The number of carbonyl (C=O) groups is 1. The Kier molecular flexibility index (Phi) is 11.4. The molecule has 0 radical (unpaired) electrons. The first kappa shape index (κ1) is 26.9. The average Bonchev–Trinajstić information content (AvgIpc) is 3.20. The highest BCUT2D eigenvalue weighted by molar-refractivity contribution is 14.0. The molecule has 0 bridgehead atoms. The predicted octanol–water partition coefficient (Wildman–Crippen LogP) is 4.48. The lowest BCUT2D eigenvalue weighted by Crippen LogP contribution is -2.42. The Morgan fingerprint density at radius 3 is 2.61 bits per heavy atom. The summed E-state index contributed by atoms with van der Waals surface area (Å²) in [5.74, 6) is 1.13. The Labute approximate surface area is 213 Å². The van der Waals surface area contributed by atoms with Gasteiger partial charge in [0.15, 0.2) is 5.96 Å². The zero-order valence-corrected chi connectivity index (χ0v) is 21.7. The minimum Gasteiger partial charge on any atom is -0.489 e. The third-order valence-electron chi connectivity index (χ3n) is 5.45. The Morgan fingerprint density at radius 2 is 1.94 bits per heavy atom. The molecule has 0 aliphatic carbocycles. The molecule has 2 aromatic carbocycles. The maximum absolute atomic E-state index is 13.4. The fraction of sp³-hybridized carbons (Fsp3) is 0.440. The summed E-state index contributed by atoms with van der Waals surface area (Å²) in [5, 5.41) is 6.60. The number of guanidine groups is 1. The molecule has 0 spiro atoms. The van der Waals surface area contributed by atoms with Crippen molar-refractivity contribution in [3.63, 3.8) is 0 Å². The van der Waals surface area contributed by atoms with E-state index in [-0.39, 0.29) is 41.8 Å². The molecule has 2 N–H and O–H groups in total. The number of benzene rings is 2. The van der Waals surface area contributed by atoms with Gasteiger partial charge in [-0.2, -0.15) is 0 Å². The number of likely N-dealkylation sites (tertiary alicyclic amines) is 1. The number of amides is 1. The smallest absolute Gasteiger partial charge is 0.222 e. The summed E-state index contributed by atoms with van der Waals surface area (Å²) in [4.78, 5) is 18.7. The molecule has 1 aliphatic heterocycles. The summed E-state index contributed by atoms with van der Waals surface area (Å²) in [6.45, 7) is 7.30. The molecular formula is C25H34FIN4O2. The molecular weight excluding hydrogens is 534 g/mol. The van der Waals surface area contributed by atoms with Crippen LogP contribution in [0.2, 0.25) is 0 Å². The van der Waals surface area contributed by atoms with Crippen LogP contribution in [0, 0.1) is 5.82 Å². The Hall–Kier alpha value is -2.36. The Morgan fingerprint density at radius 1 is 1.15 bits per heavy atom. The van der Waals surface area contributed by atoms with Crippen molar-refractivity contribution in [3.8, 4) is 5.75 Å². The number of hydrogen-bond acceptors (Lipinski definition) is 3. The van der Waals surface area contributed by atoms with Gasteiger partial charge >= 0.3 is 0 Å². The maximum Gasteiger partial charge on any atom is 0.222 e. The lowest BCUT2D eigenvalue weighted by atomic mass is 10.1. The summed E-state index contributed by atoms with van der Waals surface area (Å²) in [6, 6.07) is 14.3. The first-order chi connectivity index (χ1) is 15.6. The zero-order valence-electron chi connectivity index (χ0n) is 19.4. The summed E-state index contributed by atoms with van der Waals surface area (Å²) in [7, 11) is 0. The number of rotatable bonds is 10. The van der Waals surface area contributed by atoms with Crippen molar-refractivity contribution in [2.45, 2.75) is 52.3 Å². The number of carbonyl (C=O) groups excluding carboxylic acids is 1. The van der Waals surface area contributed by atoms with Gasteiger partial charge in [-0.05, 0) is 43.0 Å². The molecule has 2 aromatic rings. The van der Waals surface area contributed by atoms with Crippen molar-refractivity contribution in [3.05, 3.63) is 65.5 Å². The van der Waals surface area contributed by atoms with E-state index in [1.54, 1.807) is 12.1 Å². The molecule has 180 valence electrons. The van der Waals surface area contributed by atoms with Crippen LogP contribution >= 0.6 is 24.0 Å². The highest BCUT2D eigenvalue weighted by Gasteiger charge is 2.20. The molecule has 1 heterocycles. The predicted molar refractivity (Wildman–Crippen MR) is 140 cm³/mol. The normalized spacial score (nSPS) is 14.6. The maximum atomic E-state index is 13.4. The molecule has 3 rings (SSSR count). The molecule has 0 saturated carbocycles. The lowest BCUT2D eigenvalue weighted by Gasteiger charge is -2.20. The molecule has 1 aliphatic rings. The van der Waals surface area contributed by atoms with Crippen molar-refractivity contribution < 1.29 is 13.9 Å². The third kappa shape index (κ3) is 8.49. The molecule has 6 nitrogen and oxygen atoms in total. The van der Waals surface area contributed by atoms with Crippen LogP contribution in [0.5, 0.6) is 5.75 Å². The van der Waals surface area contributed by atoms with Crippen LogP contribution in [-0.2, 0) is 17.9 Å². The molecule has 1 fully saturated rings. The van der Waals surface area contributed by atoms with E-state index in [2.05, 4.69) is 22.8 Å². The minimum absolute atomic E-state index is 0. The van der Waals surface area contributed by atoms with Crippen LogP contribution in [0.25, 0.3) is 0 Å². The third-order valence-corrected chi connectivity index (χ3v) is 5.45. The second-order valence-electron chi connectivity index (χ2n) is 7.87. The first-order valence-electron chi connectivity index (χ1n) is 11.4. The van der Waals surface area contributed by atoms with E-state index >= 15 is 0 Å². The van der Waals surface area contributed by atoms with Crippen LogP contribution in [0.15, 0.2) is 53.5 Å². The van der Waals surface area contributed by atoms with E-state index < -0.39 is 0 Å². The van der Waals surface area contributed by atoms with Gasteiger partial charge < -0.3 is 20.3 Å². The van der Waals surface area contributed by atoms with E-state index in [0.29, 0.717) is 37.8 Å². The van der Waals surface area contributed by atoms with Gasteiger partial charge in [0.05, 0.1) is 13.1 Å². The van der Waals surface area contributed by atoms with Gasteiger partial charge in [0.2, 0.25) is 5.91 Å². The lowest BCUT2D eigenvalue weighted by molar-refractivity contribution is -0.128. The second kappa shape index (κ2) is 14.0. The van der Waals surface area contributed by atoms with Gasteiger partial charge in [-0.1, -0.05) is 37.3 Å². The van der Waals surface area contributed by atoms with Crippen molar-refractivity contribution in [2.24, 2.45) is 4.99 Å². The summed E-state index contributed by atoms with van der Waals surface area (Å²) in [6.07, 6.45) is 2.24. The van der Waals surface area contributed by atoms with E-state index in [0.717, 1.165) is 37.1 Å². The van der Waals surface area contributed by atoms with Crippen LogP contribution in [0.1, 0.15) is 44.2 Å². The number of hydrogen-bond donors (Lipinski definition) is 2. The summed E-state index contributed by atoms with van der Waals surface area (Å²) < 4.78 is 19.3. The summed E-state index contributed by atoms with van der Waals surface area (Å²) >= 11 is 0. The topological polar surface area (TPSA) is 66.0 Å². The van der Waals surface area contributed by atoms with Crippen LogP contribution < -0.4 is 15.4 Å². The van der Waals surface area contributed by atoms with Gasteiger partial charge in [-0.3, -0.25) is 4.79 Å². The summed E-state index contributed by atoms with van der Waals surface area (Å²) in [5.41, 5.74) is 2.23. The van der Waals surface area contributed by atoms with E-state index in [9.17, 15) is 9.18 Å². The Bertz CT molecular complexity index is 925. The van der Waals surface area contributed by atoms with E-state index in [1.165, 1.54) is 12.1 Å². The Balaban J connectivity index is 0.00000385. The van der Waals surface area contributed by atoms with Gasteiger partial charge in [0.25, 0.3) is 0 Å². The quantitative estimate of drug-likeness (QED) is 0.252. The number of ether oxygens (including phenoxy) is 1. The molecule has 0 aromatic heterocycles. The van der Waals surface area contributed by atoms with E-state index in [4.69, 9.17) is 9.73 Å². The number of nitrogens with one attached hydrogen (secondary N) is 2. The molecule has 1 amide bonds. The monoisotopic (exact) mass is 568 g/mol. The fourth-order valence-corrected chi connectivity index (χ4v) is 3.66.